The summed E-state index contributed by atoms with van der Waals surface area (Å²) in [6, 6.07) is 6.24. The Morgan fingerprint density at radius 3 is 2.57 bits per heavy atom. The number of ether oxygens (including phenoxy) is 1. The number of nitrogens with one attached hydrogen (secondary N) is 1. The number of halogens is 2. The van der Waals surface area contributed by atoms with Crippen LogP contribution in [0.3, 0.4) is 0 Å². The van der Waals surface area contributed by atoms with Crippen LogP contribution in [0.4, 0.5) is 0 Å². The molecule has 0 bridgehead atoms. The molecule has 0 spiro atoms. The summed E-state index contributed by atoms with van der Waals surface area (Å²) >= 11 is 0. The summed E-state index contributed by atoms with van der Waals surface area (Å²) in [7, 11) is 0. The van der Waals surface area contributed by atoms with Crippen LogP contribution in [0.2, 0.25) is 0 Å². The van der Waals surface area contributed by atoms with E-state index < -0.39 is 0 Å². The van der Waals surface area contributed by atoms with Gasteiger partial charge in [0.05, 0.1) is 6.61 Å². The van der Waals surface area contributed by atoms with Crippen LogP contribution in [0.5, 0.6) is 11.5 Å². The number of benzene rings is 1. The molecular formula is C17H28Cl2N2O2. The van der Waals surface area contributed by atoms with Crippen molar-refractivity contribution in [1.29, 1.82) is 0 Å². The molecular weight excluding hydrogens is 335 g/mol. The molecule has 2 N–H and O–H groups in total. The average molecular weight is 363 g/mol. The van der Waals surface area contributed by atoms with Crippen LogP contribution in [-0.2, 0) is 0 Å². The van der Waals surface area contributed by atoms with Gasteiger partial charge in [0.1, 0.15) is 0 Å². The van der Waals surface area contributed by atoms with Crippen molar-refractivity contribution in [3.05, 3.63) is 23.8 Å². The third-order valence-corrected chi connectivity index (χ3v) is 4.53. The number of phenols is 1. The third-order valence-electron chi connectivity index (χ3n) is 4.53. The molecule has 1 aromatic carbocycles. The third kappa shape index (κ3) is 5.15. The van der Waals surface area contributed by atoms with Crippen LogP contribution in [-0.4, -0.2) is 42.8 Å². The summed E-state index contributed by atoms with van der Waals surface area (Å²) in [5.74, 6) is 1.79. The van der Waals surface area contributed by atoms with Crippen molar-refractivity contribution in [3.8, 4) is 11.5 Å². The molecule has 2 aliphatic rings. The molecule has 1 saturated heterocycles. The van der Waals surface area contributed by atoms with Crippen LogP contribution >= 0.6 is 24.8 Å². The number of hydrogen-bond donors (Lipinski definition) is 2. The molecule has 4 nitrogen and oxygen atoms in total. The molecule has 1 aliphatic heterocycles. The summed E-state index contributed by atoms with van der Waals surface area (Å²) in [5.41, 5.74) is 1.04. The number of aromatic hydroxyl groups is 1. The number of para-hydroxylation sites is 1. The first-order valence-corrected chi connectivity index (χ1v) is 8.19. The van der Waals surface area contributed by atoms with Gasteiger partial charge in [-0.3, -0.25) is 4.90 Å². The van der Waals surface area contributed by atoms with Crippen molar-refractivity contribution < 1.29 is 9.84 Å². The van der Waals surface area contributed by atoms with Crippen LogP contribution in [0, 0.1) is 5.92 Å². The lowest BCUT2D eigenvalue weighted by Gasteiger charge is -2.35. The van der Waals surface area contributed by atoms with Crippen molar-refractivity contribution in [2.45, 2.75) is 32.2 Å². The second kappa shape index (κ2) is 9.58. The maximum absolute atomic E-state index is 10.6. The molecule has 0 aromatic heterocycles. The quantitative estimate of drug-likeness (QED) is 0.813. The van der Waals surface area contributed by atoms with Crippen LogP contribution in [0.1, 0.15) is 37.8 Å². The van der Waals surface area contributed by atoms with Crippen molar-refractivity contribution in [2.75, 3.05) is 32.8 Å². The van der Waals surface area contributed by atoms with E-state index in [0.717, 1.165) is 44.1 Å². The molecule has 132 valence electrons. The lowest BCUT2D eigenvalue weighted by molar-refractivity contribution is 0.157. The van der Waals surface area contributed by atoms with Gasteiger partial charge >= 0.3 is 0 Å². The number of nitrogens with zero attached hydrogens (tertiary/aromatic N) is 1. The zero-order valence-electron chi connectivity index (χ0n) is 13.7. The molecule has 23 heavy (non-hydrogen) atoms. The van der Waals surface area contributed by atoms with E-state index >= 15 is 0 Å². The summed E-state index contributed by atoms with van der Waals surface area (Å²) in [5, 5.41) is 14.0. The summed E-state index contributed by atoms with van der Waals surface area (Å²) < 4.78 is 5.55. The van der Waals surface area contributed by atoms with Gasteiger partial charge in [0.25, 0.3) is 0 Å². The van der Waals surface area contributed by atoms with E-state index in [1.165, 1.54) is 12.8 Å². The van der Waals surface area contributed by atoms with E-state index in [1.54, 1.807) is 0 Å². The molecule has 0 radical (unpaired) electrons. The van der Waals surface area contributed by atoms with E-state index in [-0.39, 0.29) is 24.8 Å². The minimum atomic E-state index is 0. The van der Waals surface area contributed by atoms with Crippen molar-refractivity contribution >= 4 is 24.8 Å². The Morgan fingerprint density at radius 2 is 1.96 bits per heavy atom. The second-order valence-corrected chi connectivity index (χ2v) is 6.11. The molecule has 0 unspecified atom stereocenters. The molecule has 6 heteroatoms. The van der Waals surface area contributed by atoms with E-state index in [4.69, 9.17) is 4.74 Å². The average Bonchev–Trinajstić information content (AvgIpc) is 3.33. The van der Waals surface area contributed by atoms with Gasteiger partial charge in [0, 0.05) is 37.8 Å². The zero-order chi connectivity index (χ0) is 14.7. The summed E-state index contributed by atoms with van der Waals surface area (Å²) in [6.07, 6.45) is 3.84. The fourth-order valence-electron chi connectivity index (χ4n) is 3.22. The standard InChI is InChI=1S/C17H26N2O2.2ClH/c1-2-21-16-5-3-4-14(17(16)20)15(12-13-6-7-13)19-10-8-18-9-11-19;;/h3-5,13,15,18,20H,2,6-12H2,1H3;2*1H/t15-;;/m0../s1. The number of rotatable bonds is 6. The van der Waals surface area contributed by atoms with Crippen molar-refractivity contribution in [1.82, 2.24) is 10.2 Å². The van der Waals surface area contributed by atoms with Crippen LogP contribution in [0.25, 0.3) is 0 Å². The van der Waals surface area contributed by atoms with Gasteiger partial charge in [-0.15, -0.1) is 24.8 Å². The molecule has 0 amide bonds. The molecule has 1 aliphatic carbocycles. The van der Waals surface area contributed by atoms with Gasteiger partial charge < -0.3 is 15.2 Å². The van der Waals surface area contributed by atoms with Crippen LogP contribution in [0.15, 0.2) is 18.2 Å². The van der Waals surface area contributed by atoms with Gasteiger partial charge in [-0.1, -0.05) is 25.0 Å². The number of hydrogen-bond acceptors (Lipinski definition) is 4. The Labute approximate surface area is 151 Å². The smallest absolute Gasteiger partial charge is 0.162 e. The van der Waals surface area contributed by atoms with E-state index in [1.807, 2.05) is 19.1 Å². The number of piperazine rings is 1. The van der Waals surface area contributed by atoms with E-state index in [9.17, 15) is 5.11 Å². The normalized spacial score (nSPS) is 19.3. The highest BCUT2D eigenvalue weighted by molar-refractivity contribution is 5.85. The fourth-order valence-corrected chi connectivity index (χ4v) is 3.22. The summed E-state index contributed by atoms with van der Waals surface area (Å²) in [6.45, 7) is 6.70. The zero-order valence-corrected chi connectivity index (χ0v) is 15.3. The minimum absolute atomic E-state index is 0. The van der Waals surface area contributed by atoms with Gasteiger partial charge in [0.2, 0.25) is 0 Å². The van der Waals surface area contributed by atoms with Crippen LogP contribution < -0.4 is 10.1 Å². The lowest BCUT2D eigenvalue weighted by Crippen LogP contribution is -2.45. The Balaban J connectivity index is 0.00000132. The second-order valence-electron chi connectivity index (χ2n) is 6.11. The van der Waals surface area contributed by atoms with Gasteiger partial charge in [-0.05, 0) is 25.3 Å². The highest BCUT2D eigenvalue weighted by Crippen LogP contribution is 2.44. The van der Waals surface area contributed by atoms with E-state index in [0.29, 0.717) is 24.1 Å². The van der Waals surface area contributed by atoms with Crippen molar-refractivity contribution in [3.63, 3.8) is 0 Å². The molecule has 2 fully saturated rings. The number of phenolic OH excluding ortho intramolecular Hbond substituents is 1. The largest absolute Gasteiger partial charge is 0.504 e. The SMILES string of the molecule is CCOc1cccc([C@H](CC2CC2)N2CCNCC2)c1O.Cl.Cl. The Morgan fingerprint density at radius 1 is 1.26 bits per heavy atom. The Kier molecular flexibility index (Phi) is 8.48. The minimum Gasteiger partial charge on any atom is -0.504 e. The van der Waals surface area contributed by atoms with Crippen molar-refractivity contribution in [2.24, 2.45) is 5.92 Å². The highest BCUT2D eigenvalue weighted by atomic mass is 35.5. The molecule has 3 rings (SSSR count). The van der Waals surface area contributed by atoms with Gasteiger partial charge in [0.15, 0.2) is 11.5 Å². The molecule has 1 heterocycles. The monoisotopic (exact) mass is 362 g/mol. The summed E-state index contributed by atoms with van der Waals surface area (Å²) in [4.78, 5) is 2.51. The predicted octanol–water partition coefficient (Wildman–Crippen LogP) is 3.38. The lowest BCUT2D eigenvalue weighted by atomic mass is 9.97. The first-order valence-electron chi connectivity index (χ1n) is 8.19. The van der Waals surface area contributed by atoms with Gasteiger partial charge in [-0.25, -0.2) is 0 Å². The topological polar surface area (TPSA) is 44.7 Å². The predicted molar refractivity (Wildman–Crippen MR) is 98.3 cm³/mol. The maximum atomic E-state index is 10.6. The first kappa shape index (κ1) is 20.4. The molecule has 1 atom stereocenters. The van der Waals surface area contributed by atoms with E-state index in [2.05, 4.69) is 16.3 Å². The molecule has 1 aromatic rings. The first-order chi connectivity index (χ1) is 10.3. The fraction of sp³-hybridized carbons (Fsp3) is 0.647. The Hall–Kier alpha value is -0.680. The highest BCUT2D eigenvalue weighted by Gasteiger charge is 2.32. The maximum Gasteiger partial charge on any atom is 0.162 e. The Bertz CT molecular complexity index is 478. The van der Waals surface area contributed by atoms with Gasteiger partial charge in [-0.2, -0.15) is 0 Å². The molecule has 1 saturated carbocycles.